The fourth-order valence-corrected chi connectivity index (χ4v) is 13.1. The number of aromatic carboxylic acids is 1. The van der Waals surface area contributed by atoms with E-state index in [1.165, 1.54) is 68.3 Å². The molecule has 0 spiro atoms. The number of rotatable bonds is 3. The summed E-state index contributed by atoms with van der Waals surface area (Å²) < 4.78 is 0. The van der Waals surface area contributed by atoms with Gasteiger partial charge < -0.3 is 10.8 Å². The fraction of sp³-hybridized carbons (Fsp3) is 0.794. The van der Waals surface area contributed by atoms with Crippen LogP contribution in [0.5, 0.6) is 0 Å². The van der Waals surface area contributed by atoms with E-state index in [9.17, 15) is 9.90 Å². The summed E-state index contributed by atoms with van der Waals surface area (Å²) >= 11 is 1.46. The standard InChI is InChI=1S/C34H51NO2S/c1-20(2)21-12-17-34(35)19-18-32(6)23(28(21)34)8-11-27-31(5)15-13-22(24-9-10-25(38-24)29(36)37)30(3,4)26(31)14-16-33(27,32)7/h9-10,13,20-21,23,26-28H,8,11-12,14-19,35H2,1-7H3,(H,36,37)/t21-,23+,26?,27?,28?,31-,32+,33+,34-/m0/s1. The average molecular weight is 538 g/mol. The Morgan fingerprint density at radius 1 is 0.947 bits per heavy atom. The van der Waals surface area contributed by atoms with Gasteiger partial charge >= 0.3 is 5.97 Å². The highest BCUT2D eigenvalue weighted by molar-refractivity contribution is 7.15. The molecule has 6 rings (SSSR count). The minimum atomic E-state index is -0.810. The van der Waals surface area contributed by atoms with Gasteiger partial charge in [0.25, 0.3) is 0 Å². The van der Waals surface area contributed by atoms with Gasteiger partial charge in [0.1, 0.15) is 4.88 Å². The maximum atomic E-state index is 11.6. The van der Waals surface area contributed by atoms with Crippen molar-refractivity contribution in [3.8, 4) is 0 Å². The molecular formula is C34H51NO2S. The van der Waals surface area contributed by atoms with Crippen molar-refractivity contribution in [2.24, 2.45) is 62.9 Å². The third-order valence-electron chi connectivity index (χ3n) is 14.1. The van der Waals surface area contributed by atoms with Crippen LogP contribution in [0.3, 0.4) is 0 Å². The van der Waals surface area contributed by atoms with Gasteiger partial charge in [-0.3, -0.25) is 0 Å². The van der Waals surface area contributed by atoms with Crippen LogP contribution in [0.2, 0.25) is 0 Å². The summed E-state index contributed by atoms with van der Waals surface area (Å²) in [4.78, 5) is 13.2. The summed E-state index contributed by atoms with van der Waals surface area (Å²) in [6, 6.07) is 3.85. The van der Waals surface area contributed by atoms with Crippen LogP contribution in [-0.4, -0.2) is 16.6 Å². The van der Waals surface area contributed by atoms with Gasteiger partial charge in [0, 0.05) is 10.4 Å². The number of hydrogen-bond acceptors (Lipinski definition) is 3. The second-order valence-electron chi connectivity index (χ2n) is 15.9. The van der Waals surface area contributed by atoms with E-state index in [0.717, 1.165) is 35.0 Å². The minimum Gasteiger partial charge on any atom is -0.477 e. The molecular weight excluding hydrogens is 486 g/mol. The van der Waals surface area contributed by atoms with Crippen LogP contribution in [0.4, 0.5) is 0 Å². The molecule has 4 saturated carbocycles. The molecule has 1 aromatic rings. The van der Waals surface area contributed by atoms with Crippen molar-refractivity contribution in [1.82, 2.24) is 0 Å². The summed E-state index contributed by atoms with van der Waals surface area (Å²) in [6.07, 6.45) is 14.0. The molecule has 3 unspecified atom stereocenters. The summed E-state index contributed by atoms with van der Waals surface area (Å²) in [5.41, 5.74) is 9.79. The first-order valence-electron chi connectivity index (χ1n) is 15.5. The van der Waals surface area contributed by atoms with E-state index >= 15 is 0 Å². The molecule has 0 aromatic carbocycles. The number of carbonyl (C=O) groups is 1. The molecule has 0 radical (unpaired) electrons. The van der Waals surface area contributed by atoms with E-state index in [-0.39, 0.29) is 16.4 Å². The van der Waals surface area contributed by atoms with E-state index in [2.05, 4.69) is 60.6 Å². The molecule has 1 aromatic heterocycles. The number of allylic oxidation sites excluding steroid dienone is 2. The zero-order valence-corrected chi connectivity index (χ0v) is 25.7. The molecule has 0 amide bonds. The smallest absolute Gasteiger partial charge is 0.345 e. The number of nitrogens with two attached hydrogens (primary N) is 1. The lowest BCUT2D eigenvalue weighted by atomic mass is 9.33. The Bertz CT molecular complexity index is 1160. The lowest BCUT2D eigenvalue weighted by Crippen LogP contribution is -2.67. The van der Waals surface area contributed by atoms with Crippen LogP contribution in [0.25, 0.3) is 5.57 Å². The average Bonchev–Trinajstić information content (AvgIpc) is 3.44. The van der Waals surface area contributed by atoms with Crippen molar-refractivity contribution >= 4 is 22.9 Å². The van der Waals surface area contributed by atoms with Crippen molar-refractivity contribution in [3.63, 3.8) is 0 Å². The molecule has 9 atom stereocenters. The minimum absolute atomic E-state index is 0.0415. The topological polar surface area (TPSA) is 63.3 Å². The molecule has 3 nitrogen and oxygen atoms in total. The second-order valence-corrected chi connectivity index (χ2v) is 17.0. The van der Waals surface area contributed by atoms with E-state index in [4.69, 9.17) is 5.73 Å². The van der Waals surface area contributed by atoms with Crippen molar-refractivity contribution in [3.05, 3.63) is 28.0 Å². The van der Waals surface area contributed by atoms with Crippen LogP contribution in [0.1, 0.15) is 121 Å². The molecule has 0 saturated heterocycles. The Morgan fingerprint density at radius 3 is 2.34 bits per heavy atom. The largest absolute Gasteiger partial charge is 0.477 e. The van der Waals surface area contributed by atoms with Gasteiger partial charge in [0.15, 0.2) is 0 Å². The number of carboxylic acid groups (broad SMARTS) is 1. The molecule has 1 heterocycles. The Balaban J connectivity index is 1.37. The first kappa shape index (κ1) is 27.1. The third-order valence-corrected chi connectivity index (χ3v) is 15.2. The Labute approximate surface area is 235 Å². The van der Waals surface area contributed by atoms with E-state index in [1.807, 2.05) is 0 Å². The van der Waals surface area contributed by atoms with Crippen LogP contribution in [-0.2, 0) is 0 Å². The second kappa shape index (κ2) is 8.44. The first-order chi connectivity index (χ1) is 17.7. The highest BCUT2D eigenvalue weighted by Gasteiger charge is 2.70. The predicted molar refractivity (Wildman–Crippen MR) is 158 cm³/mol. The van der Waals surface area contributed by atoms with Crippen molar-refractivity contribution < 1.29 is 9.90 Å². The number of carboxylic acids is 1. The predicted octanol–water partition coefficient (Wildman–Crippen LogP) is 8.89. The lowest BCUT2D eigenvalue weighted by molar-refractivity contribution is -0.219. The number of thiophene rings is 1. The maximum Gasteiger partial charge on any atom is 0.345 e. The Morgan fingerprint density at radius 2 is 1.68 bits per heavy atom. The first-order valence-corrected chi connectivity index (χ1v) is 16.3. The van der Waals surface area contributed by atoms with E-state index in [1.54, 1.807) is 6.07 Å². The maximum absolute atomic E-state index is 11.6. The van der Waals surface area contributed by atoms with Gasteiger partial charge in [-0.1, -0.05) is 54.5 Å². The molecule has 3 N–H and O–H groups in total. The Kier molecular flexibility index (Phi) is 6.01. The zero-order chi connectivity index (χ0) is 27.5. The van der Waals surface area contributed by atoms with E-state index < -0.39 is 5.97 Å². The summed E-state index contributed by atoms with van der Waals surface area (Å²) in [6.45, 7) is 17.8. The third kappa shape index (κ3) is 3.37. The van der Waals surface area contributed by atoms with Gasteiger partial charge in [-0.05, 0) is 133 Å². The lowest BCUT2D eigenvalue weighted by Gasteiger charge is -2.72. The van der Waals surface area contributed by atoms with Gasteiger partial charge in [-0.15, -0.1) is 11.3 Å². The van der Waals surface area contributed by atoms with Crippen molar-refractivity contribution in [2.45, 2.75) is 112 Å². The molecule has 210 valence electrons. The van der Waals surface area contributed by atoms with Gasteiger partial charge in [0.05, 0.1) is 0 Å². The number of hydrogen-bond donors (Lipinski definition) is 2. The van der Waals surface area contributed by atoms with Crippen LogP contribution < -0.4 is 5.73 Å². The van der Waals surface area contributed by atoms with Gasteiger partial charge in [0.2, 0.25) is 0 Å². The molecule has 0 aliphatic heterocycles. The summed E-state index contributed by atoms with van der Waals surface area (Å²) in [5.74, 6) is 3.52. The van der Waals surface area contributed by atoms with Crippen LogP contribution >= 0.6 is 11.3 Å². The van der Waals surface area contributed by atoms with Gasteiger partial charge in [-0.2, -0.15) is 0 Å². The Hall–Kier alpha value is -1.13. The fourth-order valence-electron chi connectivity index (χ4n) is 12.1. The van der Waals surface area contributed by atoms with Crippen LogP contribution in [0, 0.1) is 57.2 Å². The normalized spacial score (nSPS) is 47.5. The molecule has 4 fully saturated rings. The molecule has 0 bridgehead atoms. The SMILES string of the molecule is CC(C)[C@@H]1CC[C@]2(N)CC[C@]3(C)[C@H](CCC4[C@@]5(C)CC=C(c6ccc(C(=O)O)s6)C(C)(C)C5CC[C@]43C)C12. The molecule has 4 heteroatoms. The summed E-state index contributed by atoms with van der Waals surface area (Å²) in [5, 5.41) is 9.53. The highest BCUT2D eigenvalue weighted by Crippen LogP contribution is 2.76. The molecule has 5 aliphatic carbocycles. The highest BCUT2D eigenvalue weighted by atomic mass is 32.1. The molecule has 38 heavy (non-hydrogen) atoms. The molecule has 5 aliphatic rings. The quantitative estimate of drug-likeness (QED) is 0.405. The number of fused-ring (bicyclic) bond motifs is 7. The summed E-state index contributed by atoms with van der Waals surface area (Å²) in [7, 11) is 0. The van der Waals surface area contributed by atoms with E-state index in [0.29, 0.717) is 27.5 Å². The zero-order valence-electron chi connectivity index (χ0n) is 24.9. The van der Waals surface area contributed by atoms with Crippen molar-refractivity contribution in [2.75, 3.05) is 0 Å². The monoisotopic (exact) mass is 537 g/mol. The van der Waals surface area contributed by atoms with Gasteiger partial charge in [-0.25, -0.2) is 4.79 Å². The van der Waals surface area contributed by atoms with Crippen molar-refractivity contribution in [1.29, 1.82) is 0 Å². The van der Waals surface area contributed by atoms with Crippen LogP contribution in [0.15, 0.2) is 18.2 Å².